The SMILES string of the molecule is O=C(N[C@@H]1N=C(c2ccccc2)c2cccc3c2N(CC3)C1=O)c1cc2ccccc2cn1. The number of pyridine rings is 1. The van der Waals surface area contributed by atoms with Crippen LogP contribution in [0.2, 0.25) is 0 Å². The van der Waals surface area contributed by atoms with Gasteiger partial charge in [-0.2, -0.15) is 0 Å². The fraction of sp³-hybridized carbons (Fsp3) is 0.111. The summed E-state index contributed by atoms with van der Waals surface area (Å²) in [4.78, 5) is 37.5. The summed E-state index contributed by atoms with van der Waals surface area (Å²) in [6.45, 7) is 0.573. The first-order valence-electron chi connectivity index (χ1n) is 10.9. The molecule has 6 nitrogen and oxygen atoms in total. The molecule has 1 atom stereocenters. The predicted molar refractivity (Wildman–Crippen MR) is 128 cm³/mol. The number of aliphatic imine (C=N–C) groups is 1. The Morgan fingerprint density at radius 1 is 0.939 bits per heavy atom. The van der Waals surface area contributed by atoms with Gasteiger partial charge in [-0.15, -0.1) is 0 Å². The summed E-state index contributed by atoms with van der Waals surface area (Å²) in [6.07, 6.45) is 1.41. The molecule has 3 aromatic carbocycles. The van der Waals surface area contributed by atoms with Crippen molar-refractivity contribution in [2.24, 2.45) is 4.99 Å². The third-order valence-electron chi connectivity index (χ3n) is 6.19. The molecule has 2 amide bonds. The molecule has 1 aromatic heterocycles. The quantitative estimate of drug-likeness (QED) is 0.536. The highest BCUT2D eigenvalue weighted by Gasteiger charge is 2.37. The average molecular weight is 432 g/mol. The number of hydrogen-bond acceptors (Lipinski definition) is 4. The van der Waals surface area contributed by atoms with E-state index < -0.39 is 12.1 Å². The van der Waals surface area contributed by atoms with Crippen molar-refractivity contribution in [3.8, 4) is 0 Å². The van der Waals surface area contributed by atoms with Crippen molar-refractivity contribution < 1.29 is 9.59 Å². The van der Waals surface area contributed by atoms with E-state index in [1.165, 1.54) is 0 Å². The molecule has 160 valence electrons. The molecule has 0 spiro atoms. The maximum absolute atomic E-state index is 13.5. The first kappa shape index (κ1) is 19.4. The second kappa shape index (κ2) is 7.67. The van der Waals surface area contributed by atoms with Crippen molar-refractivity contribution in [2.45, 2.75) is 12.6 Å². The zero-order valence-corrected chi connectivity index (χ0v) is 17.7. The summed E-state index contributed by atoms with van der Waals surface area (Å²) in [5.41, 5.74) is 4.77. The van der Waals surface area contributed by atoms with Gasteiger partial charge in [0.25, 0.3) is 11.8 Å². The molecule has 0 saturated carbocycles. The largest absolute Gasteiger partial charge is 0.321 e. The molecule has 33 heavy (non-hydrogen) atoms. The normalized spacial score (nSPS) is 16.8. The van der Waals surface area contributed by atoms with Gasteiger partial charge in [0.2, 0.25) is 6.17 Å². The summed E-state index contributed by atoms with van der Waals surface area (Å²) >= 11 is 0. The molecular weight excluding hydrogens is 412 g/mol. The molecule has 0 radical (unpaired) electrons. The van der Waals surface area contributed by atoms with Crippen LogP contribution in [0.1, 0.15) is 27.2 Å². The average Bonchev–Trinajstić information content (AvgIpc) is 3.26. The molecule has 0 fully saturated rings. The Labute approximate surface area is 190 Å². The number of nitrogens with one attached hydrogen (secondary N) is 1. The summed E-state index contributed by atoms with van der Waals surface area (Å²) in [7, 11) is 0. The maximum Gasteiger partial charge on any atom is 0.272 e. The fourth-order valence-electron chi connectivity index (χ4n) is 4.59. The maximum atomic E-state index is 13.5. The van der Waals surface area contributed by atoms with E-state index in [2.05, 4.69) is 10.3 Å². The molecule has 0 aliphatic carbocycles. The highest BCUT2D eigenvalue weighted by atomic mass is 16.2. The van der Waals surface area contributed by atoms with Gasteiger partial charge >= 0.3 is 0 Å². The van der Waals surface area contributed by atoms with Gasteiger partial charge in [0.05, 0.1) is 11.4 Å². The zero-order valence-electron chi connectivity index (χ0n) is 17.7. The Morgan fingerprint density at radius 2 is 1.73 bits per heavy atom. The monoisotopic (exact) mass is 432 g/mol. The van der Waals surface area contributed by atoms with Crippen LogP contribution < -0.4 is 10.2 Å². The third-order valence-corrected chi connectivity index (χ3v) is 6.19. The lowest BCUT2D eigenvalue weighted by atomic mass is 9.98. The van der Waals surface area contributed by atoms with Crippen LogP contribution in [-0.2, 0) is 11.2 Å². The van der Waals surface area contributed by atoms with E-state index in [0.717, 1.165) is 39.6 Å². The number of para-hydroxylation sites is 1. The van der Waals surface area contributed by atoms with Gasteiger partial charge in [0.15, 0.2) is 0 Å². The van der Waals surface area contributed by atoms with Crippen LogP contribution in [0.3, 0.4) is 0 Å². The van der Waals surface area contributed by atoms with Crippen molar-refractivity contribution in [3.63, 3.8) is 0 Å². The molecule has 6 heteroatoms. The van der Waals surface area contributed by atoms with Crippen molar-refractivity contribution in [2.75, 3.05) is 11.4 Å². The third kappa shape index (κ3) is 3.27. The fourth-order valence-corrected chi connectivity index (χ4v) is 4.59. The highest BCUT2D eigenvalue weighted by molar-refractivity contribution is 6.21. The lowest BCUT2D eigenvalue weighted by Crippen LogP contribution is -2.47. The first-order valence-corrected chi connectivity index (χ1v) is 10.9. The molecule has 0 unspecified atom stereocenters. The van der Waals surface area contributed by atoms with Gasteiger partial charge in [-0.1, -0.05) is 72.8 Å². The highest BCUT2D eigenvalue weighted by Crippen LogP contribution is 2.36. The van der Waals surface area contributed by atoms with Crippen LogP contribution >= 0.6 is 0 Å². The van der Waals surface area contributed by atoms with Crippen LogP contribution in [0.25, 0.3) is 10.8 Å². The van der Waals surface area contributed by atoms with E-state index in [1.54, 1.807) is 17.2 Å². The molecule has 0 bridgehead atoms. The molecule has 1 N–H and O–H groups in total. The van der Waals surface area contributed by atoms with E-state index in [9.17, 15) is 9.59 Å². The Balaban J connectivity index is 1.42. The lowest BCUT2D eigenvalue weighted by Gasteiger charge is -2.20. The number of aromatic nitrogens is 1. The number of carbonyl (C=O) groups is 2. The van der Waals surface area contributed by atoms with E-state index >= 15 is 0 Å². The summed E-state index contributed by atoms with van der Waals surface area (Å²) in [5, 5.41) is 4.69. The van der Waals surface area contributed by atoms with Crippen LogP contribution in [-0.4, -0.2) is 35.2 Å². The molecule has 2 aliphatic heterocycles. The Bertz CT molecular complexity index is 1450. The first-order chi connectivity index (χ1) is 16.2. The molecule has 6 rings (SSSR count). The van der Waals surface area contributed by atoms with Crippen molar-refractivity contribution >= 4 is 34.0 Å². The smallest absolute Gasteiger partial charge is 0.272 e. The van der Waals surface area contributed by atoms with Crippen LogP contribution in [0.4, 0.5) is 5.69 Å². The predicted octanol–water partition coefficient (Wildman–Crippen LogP) is 3.73. The van der Waals surface area contributed by atoms with Crippen molar-refractivity contribution in [3.05, 3.63) is 107 Å². The second-order valence-corrected chi connectivity index (χ2v) is 8.19. The van der Waals surface area contributed by atoms with Crippen molar-refractivity contribution in [1.29, 1.82) is 0 Å². The van der Waals surface area contributed by atoms with E-state index in [1.807, 2.05) is 72.8 Å². The number of amides is 2. The Hall–Kier alpha value is -4.32. The van der Waals surface area contributed by atoms with Gasteiger partial charge in [0.1, 0.15) is 5.69 Å². The number of hydrogen-bond donors (Lipinski definition) is 1. The standard InChI is InChI=1S/C27H20N4O2/c32-26(22-15-19-9-4-5-10-20(19)16-28-22)30-25-27(33)31-14-13-18-11-6-12-21(24(18)31)23(29-25)17-7-2-1-3-8-17/h1-12,15-16,25H,13-14H2,(H,30,32)/t25-/m0/s1. The zero-order chi connectivity index (χ0) is 22.4. The minimum absolute atomic E-state index is 0.235. The van der Waals surface area contributed by atoms with Gasteiger partial charge in [-0.25, -0.2) is 4.99 Å². The van der Waals surface area contributed by atoms with E-state index in [-0.39, 0.29) is 11.6 Å². The molecule has 0 saturated heterocycles. The number of carbonyl (C=O) groups excluding carboxylic acids is 2. The summed E-state index contributed by atoms with van der Waals surface area (Å²) < 4.78 is 0. The Morgan fingerprint density at radius 3 is 2.58 bits per heavy atom. The summed E-state index contributed by atoms with van der Waals surface area (Å²) in [6, 6.07) is 25.2. The number of fused-ring (bicyclic) bond motifs is 1. The molecule has 2 aliphatic rings. The van der Waals surface area contributed by atoms with Crippen LogP contribution in [0.5, 0.6) is 0 Å². The lowest BCUT2D eigenvalue weighted by molar-refractivity contribution is -0.120. The van der Waals surface area contributed by atoms with Gasteiger partial charge < -0.3 is 10.2 Å². The summed E-state index contributed by atoms with van der Waals surface area (Å²) in [5.74, 6) is -0.665. The van der Waals surface area contributed by atoms with Gasteiger partial charge in [-0.05, 0) is 23.4 Å². The van der Waals surface area contributed by atoms with Gasteiger partial charge in [-0.3, -0.25) is 14.6 Å². The minimum Gasteiger partial charge on any atom is -0.321 e. The van der Waals surface area contributed by atoms with Crippen LogP contribution in [0, 0.1) is 0 Å². The van der Waals surface area contributed by atoms with E-state index in [0.29, 0.717) is 12.3 Å². The van der Waals surface area contributed by atoms with Crippen molar-refractivity contribution in [1.82, 2.24) is 10.3 Å². The topological polar surface area (TPSA) is 74.7 Å². The number of rotatable bonds is 3. The number of nitrogens with zero attached hydrogens (tertiary/aromatic N) is 3. The molecular formula is C27H20N4O2. The van der Waals surface area contributed by atoms with Crippen LogP contribution in [0.15, 0.2) is 90.1 Å². The Kier molecular flexibility index (Phi) is 4.50. The minimum atomic E-state index is -1.04. The van der Waals surface area contributed by atoms with Gasteiger partial charge in [0, 0.05) is 29.3 Å². The van der Waals surface area contributed by atoms with E-state index in [4.69, 9.17) is 4.99 Å². The number of benzene rings is 3. The molecule has 3 heterocycles. The molecule has 4 aromatic rings. The second-order valence-electron chi connectivity index (χ2n) is 8.19. The number of anilines is 1.